The molecule has 342 valence electrons. The van der Waals surface area contributed by atoms with E-state index >= 15 is 0 Å². The fraction of sp³-hybridized carbons (Fsp3) is 1.00. The molecule has 0 aliphatic carbocycles. The van der Waals surface area contributed by atoms with Crippen LogP contribution in [0.3, 0.4) is 0 Å². The summed E-state index contributed by atoms with van der Waals surface area (Å²) in [5.41, 5.74) is 0. The summed E-state index contributed by atoms with van der Waals surface area (Å²) in [5.74, 6) is 3.55. The standard InChI is InChI=1S/C10H22.C7H16.C6H14.C5H10Cl2.C5H11Cl.3C5H12.C3H8/c1-4-5-6-7-8-9-10(2)3;1-6(2)5-7(3)4;1-4-5-6(2)3;1-4(6)3-5(2)7;1-3-4-5(2)6;3*1-3-5-4-2;1-3-2/h10H,4-9H2,1-3H3;6-7H,5H2,1-4H3;6H,4-5H2,1-3H3;4-5H,3H2,1-2H3;5H,3-4H2,1-2H3;3*3-5H2,1-2H3;3H2,1-2H3. The predicted octanol–water partition coefficient (Wildman–Crippen LogP) is 22.2. The smallest absolute Gasteiger partial charge is 0.0321 e. The minimum absolute atomic E-state index is 0.215. The fourth-order valence-corrected chi connectivity index (χ4v) is 5.43. The van der Waals surface area contributed by atoms with Gasteiger partial charge in [0.15, 0.2) is 0 Å². The van der Waals surface area contributed by atoms with Crippen LogP contribution in [0.1, 0.15) is 294 Å². The average Bonchev–Trinajstić information content (AvgIpc) is 3.03. The first-order valence-electron chi connectivity index (χ1n) is 24.1. The first-order chi connectivity index (χ1) is 25.2. The Balaban J connectivity index is -0.0000000612. The summed E-state index contributed by atoms with van der Waals surface area (Å²) in [4.78, 5) is 0. The number of hydrogen-bond donors (Lipinski definition) is 0. The summed E-state index contributed by atoms with van der Waals surface area (Å²) in [6, 6.07) is 0. The van der Waals surface area contributed by atoms with Gasteiger partial charge in [-0.05, 0) is 63.7 Å². The van der Waals surface area contributed by atoms with Crippen LogP contribution in [0.4, 0.5) is 0 Å². The zero-order valence-corrected chi connectivity index (χ0v) is 45.0. The molecule has 0 nitrogen and oxygen atoms in total. The Bertz CT molecular complexity index is 413. The van der Waals surface area contributed by atoms with Crippen LogP contribution in [-0.4, -0.2) is 16.1 Å². The molecule has 0 aliphatic heterocycles. The van der Waals surface area contributed by atoms with Crippen molar-refractivity contribution in [3.05, 3.63) is 0 Å². The van der Waals surface area contributed by atoms with E-state index in [1.807, 2.05) is 20.8 Å². The number of rotatable bonds is 20. The lowest BCUT2D eigenvalue weighted by molar-refractivity contribution is 0.469. The Morgan fingerprint density at radius 2 is 0.537 bits per heavy atom. The van der Waals surface area contributed by atoms with E-state index in [9.17, 15) is 0 Å². The summed E-state index contributed by atoms with van der Waals surface area (Å²) < 4.78 is 0. The third-order valence-electron chi connectivity index (χ3n) is 7.15. The Morgan fingerprint density at radius 3 is 0.630 bits per heavy atom. The normalized spacial score (nSPS) is 11.3. The molecule has 0 heterocycles. The van der Waals surface area contributed by atoms with Crippen LogP contribution >= 0.6 is 34.8 Å². The molecular formula is C51H117Cl3. The lowest BCUT2D eigenvalue weighted by Crippen LogP contribution is -1.99. The SMILES string of the molecule is CC(C)CC(C)C.CC(Cl)CC(C)Cl.CCC.CCCC(C)C.CCCC(C)Cl.CCCCC.CCCCC.CCCCC.CCCCCCCC(C)C. The van der Waals surface area contributed by atoms with Gasteiger partial charge in [0.25, 0.3) is 0 Å². The highest BCUT2D eigenvalue weighted by molar-refractivity contribution is 6.23. The number of hydrogen-bond acceptors (Lipinski definition) is 0. The van der Waals surface area contributed by atoms with Gasteiger partial charge in [-0.2, -0.15) is 0 Å². The van der Waals surface area contributed by atoms with Crippen molar-refractivity contribution in [3.8, 4) is 0 Å². The Hall–Kier alpha value is 0.870. The van der Waals surface area contributed by atoms with Crippen molar-refractivity contribution in [1.29, 1.82) is 0 Å². The van der Waals surface area contributed by atoms with Crippen molar-refractivity contribution in [2.75, 3.05) is 0 Å². The van der Waals surface area contributed by atoms with E-state index < -0.39 is 0 Å². The zero-order chi connectivity index (χ0) is 44.6. The summed E-state index contributed by atoms with van der Waals surface area (Å²) >= 11 is 16.8. The molecule has 3 heteroatoms. The van der Waals surface area contributed by atoms with Crippen molar-refractivity contribution in [1.82, 2.24) is 0 Å². The van der Waals surface area contributed by atoms with Gasteiger partial charge < -0.3 is 0 Å². The summed E-state index contributed by atoms with van der Waals surface area (Å²) in [7, 11) is 0. The van der Waals surface area contributed by atoms with Crippen LogP contribution in [0.25, 0.3) is 0 Å². The van der Waals surface area contributed by atoms with Gasteiger partial charge in [0.05, 0.1) is 0 Å². The molecule has 0 aromatic heterocycles. The van der Waals surface area contributed by atoms with Crippen molar-refractivity contribution in [2.24, 2.45) is 23.7 Å². The summed E-state index contributed by atoms with van der Waals surface area (Å²) in [6.07, 6.45) is 29.3. The van der Waals surface area contributed by atoms with E-state index in [0.29, 0.717) is 5.38 Å². The molecular weight excluding hydrogens is 719 g/mol. The number of alkyl halides is 3. The van der Waals surface area contributed by atoms with E-state index in [1.54, 1.807) is 0 Å². The van der Waals surface area contributed by atoms with E-state index in [-0.39, 0.29) is 10.8 Å². The number of halogens is 3. The molecule has 0 rings (SSSR count). The topological polar surface area (TPSA) is 0 Å². The number of unbranched alkanes of at least 4 members (excludes halogenated alkanes) is 10. The van der Waals surface area contributed by atoms with Gasteiger partial charge in [0.2, 0.25) is 0 Å². The minimum Gasteiger partial charge on any atom is -0.123 e. The van der Waals surface area contributed by atoms with Crippen LogP contribution in [0.15, 0.2) is 0 Å². The van der Waals surface area contributed by atoms with Gasteiger partial charge in [-0.1, -0.05) is 254 Å². The maximum Gasteiger partial charge on any atom is 0.0321 e. The second kappa shape index (κ2) is 78.2. The lowest BCUT2D eigenvalue weighted by Gasteiger charge is -2.05. The molecule has 0 saturated heterocycles. The molecule has 0 saturated carbocycles. The maximum atomic E-state index is 5.59. The van der Waals surface area contributed by atoms with Gasteiger partial charge >= 0.3 is 0 Å². The highest BCUT2D eigenvalue weighted by Gasteiger charge is 2.00. The van der Waals surface area contributed by atoms with Crippen LogP contribution in [0.2, 0.25) is 0 Å². The molecule has 3 unspecified atom stereocenters. The Kier molecular flexibility index (Phi) is 110. The fourth-order valence-electron chi connectivity index (χ4n) is 4.58. The van der Waals surface area contributed by atoms with E-state index in [0.717, 1.165) is 36.5 Å². The largest absolute Gasteiger partial charge is 0.123 e. The van der Waals surface area contributed by atoms with Gasteiger partial charge in [-0.25, -0.2) is 0 Å². The van der Waals surface area contributed by atoms with Gasteiger partial charge in [-0.3, -0.25) is 0 Å². The molecule has 0 aromatic rings. The van der Waals surface area contributed by atoms with Crippen LogP contribution in [0, 0.1) is 23.7 Å². The Labute approximate surface area is 366 Å². The third kappa shape index (κ3) is 183. The molecule has 54 heavy (non-hydrogen) atoms. The maximum absolute atomic E-state index is 5.59. The highest BCUT2D eigenvalue weighted by Crippen LogP contribution is 2.10. The second-order valence-electron chi connectivity index (χ2n) is 16.9. The van der Waals surface area contributed by atoms with Crippen molar-refractivity contribution < 1.29 is 0 Å². The predicted molar refractivity (Wildman–Crippen MR) is 269 cm³/mol. The molecule has 0 N–H and O–H groups in total. The molecule has 0 bridgehead atoms. The molecule has 0 fully saturated rings. The second-order valence-corrected chi connectivity index (χ2v) is 19.2. The minimum atomic E-state index is 0.215. The molecule has 0 spiro atoms. The summed E-state index contributed by atoms with van der Waals surface area (Å²) in [5, 5.41) is 0.801. The van der Waals surface area contributed by atoms with Gasteiger partial charge in [-0.15, -0.1) is 34.8 Å². The molecule has 0 aromatic carbocycles. The van der Waals surface area contributed by atoms with E-state index in [1.165, 1.54) is 128 Å². The van der Waals surface area contributed by atoms with Gasteiger partial charge in [0, 0.05) is 16.1 Å². The first kappa shape index (κ1) is 75.7. The monoisotopic (exact) mass is 835 g/mol. The summed E-state index contributed by atoms with van der Waals surface area (Å²) in [6.45, 7) is 48.2. The third-order valence-corrected chi connectivity index (χ3v) is 7.73. The van der Waals surface area contributed by atoms with Crippen molar-refractivity contribution >= 4 is 34.8 Å². The quantitative estimate of drug-likeness (QED) is 0.0847. The molecule has 0 radical (unpaired) electrons. The van der Waals surface area contributed by atoms with Crippen LogP contribution in [-0.2, 0) is 0 Å². The zero-order valence-electron chi connectivity index (χ0n) is 42.7. The molecule has 3 atom stereocenters. The van der Waals surface area contributed by atoms with Crippen LogP contribution in [0.5, 0.6) is 0 Å². The van der Waals surface area contributed by atoms with E-state index in [4.69, 9.17) is 34.8 Å². The van der Waals surface area contributed by atoms with Crippen molar-refractivity contribution in [3.63, 3.8) is 0 Å². The first-order valence-corrected chi connectivity index (χ1v) is 25.5. The average molecular weight is 837 g/mol. The van der Waals surface area contributed by atoms with Gasteiger partial charge in [0.1, 0.15) is 0 Å². The molecule has 0 aliphatic rings. The van der Waals surface area contributed by atoms with E-state index in [2.05, 4.69) is 132 Å². The molecule has 0 amide bonds. The Morgan fingerprint density at radius 1 is 0.259 bits per heavy atom. The van der Waals surface area contributed by atoms with Crippen LogP contribution < -0.4 is 0 Å². The van der Waals surface area contributed by atoms with Crippen molar-refractivity contribution in [2.45, 2.75) is 310 Å². The highest BCUT2D eigenvalue weighted by atomic mass is 35.5. The lowest BCUT2D eigenvalue weighted by atomic mass is 10.0.